The van der Waals surface area contributed by atoms with Crippen LogP contribution in [0.2, 0.25) is 0 Å². The molecule has 0 saturated heterocycles. The molecule has 0 aliphatic rings. The van der Waals surface area contributed by atoms with Crippen molar-refractivity contribution in [2.24, 2.45) is 0 Å². The fraction of sp³-hybridized carbons (Fsp3) is 0.400. The zero-order valence-corrected chi connectivity index (χ0v) is 11.4. The molecule has 0 radical (unpaired) electrons. The lowest BCUT2D eigenvalue weighted by atomic mass is 10.1. The van der Waals surface area contributed by atoms with Crippen molar-refractivity contribution in [1.29, 1.82) is 0 Å². The molecule has 0 aliphatic carbocycles. The molecule has 18 heavy (non-hydrogen) atoms. The third-order valence-corrected chi connectivity index (χ3v) is 2.51. The van der Waals surface area contributed by atoms with Crippen LogP contribution in [-0.2, 0) is 16.0 Å². The second-order valence-corrected chi connectivity index (χ2v) is 4.46. The molecule has 0 aromatic heterocycles. The van der Waals surface area contributed by atoms with Gasteiger partial charge < -0.3 is 9.47 Å². The quantitative estimate of drug-likeness (QED) is 0.593. The van der Waals surface area contributed by atoms with Gasteiger partial charge in [-0.15, -0.1) is 0 Å². The van der Waals surface area contributed by atoms with Gasteiger partial charge in [-0.3, -0.25) is 4.79 Å². The summed E-state index contributed by atoms with van der Waals surface area (Å²) in [5.41, 5.74) is 3.10. The molecular weight excluding hydrogens is 228 g/mol. The van der Waals surface area contributed by atoms with E-state index in [-0.39, 0.29) is 12.4 Å². The molecule has 0 amide bonds. The van der Waals surface area contributed by atoms with Crippen LogP contribution >= 0.6 is 0 Å². The second kappa shape index (κ2) is 6.84. The van der Waals surface area contributed by atoms with Gasteiger partial charge in [-0.2, -0.15) is 0 Å². The van der Waals surface area contributed by atoms with E-state index in [9.17, 15) is 4.79 Å². The Morgan fingerprint density at radius 2 is 2.06 bits per heavy atom. The van der Waals surface area contributed by atoms with Gasteiger partial charge in [0, 0.05) is 5.56 Å². The highest BCUT2D eigenvalue weighted by molar-refractivity contribution is 5.73. The third-order valence-electron chi connectivity index (χ3n) is 2.51. The molecule has 0 saturated carbocycles. The maximum absolute atomic E-state index is 11.7. The Morgan fingerprint density at radius 1 is 1.33 bits per heavy atom. The SMILES string of the molecule is COc1ccc(C)cc1CC(=O)OCC=C(C)C. The predicted molar refractivity (Wildman–Crippen MR) is 71.8 cm³/mol. The number of esters is 1. The normalized spacial score (nSPS) is 9.78. The molecule has 3 nitrogen and oxygen atoms in total. The molecule has 0 heterocycles. The lowest BCUT2D eigenvalue weighted by Gasteiger charge is -2.09. The first kappa shape index (κ1) is 14.3. The summed E-state index contributed by atoms with van der Waals surface area (Å²) < 4.78 is 10.3. The number of ether oxygens (including phenoxy) is 2. The number of rotatable bonds is 5. The highest BCUT2D eigenvalue weighted by Gasteiger charge is 2.09. The van der Waals surface area contributed by atoms with Gasteiger partial charge >= 0.3 is 5.97 Å². The summed E-state index contributed by atoms with van der Waals surface area (Å²) in [5.74, 6) is 0.483. The number of carbonyl (C=O) groups is 1. The number of carbonyl (C=O) groups excluding carboxylic acids is 1. The molecular formula is C15H20O3. The fourth-order valence-corrected chi connectivity index (χ4v) is 1.55. The van der Waals surface area contributed by atoms with Crippen LogP contribution in [-0.4, -0.2) is 19.7 Å². The van der Waals surface area contributed by atoms with E-state index in [0.29, 0.717) is 6.61 Å². The first-order valence-corrected chi connectivity index (χ1v) is 5.95. The van der Waals surface area contributed by atoms with E-state index in [0.717, 1.165) is 22.4 Å². The maximum Gasteiger partial charge on any atom is 0.310 e. The fourth-order valence-electron chi connectivity index (χ4n) is 1.55. The van der Waals surface area contributed by atoms with Crippen molar-refractivity contribution in [3.8, 4) is 5.75 Å². The minimum absolute atomic E-state index is 0.238. The van der Waals surface area contributed by atoms with E-state index in [1.54, 1.807) is 7.11 Å². The van der Waals surface area contributed by atoms with Crippen molar-refractivity contribution in [3.05, 3.63) is 41.0 Å². The minimum atomic E-state index is -0.239. The molecule has 0 fully saturated rings. The van der Waals surface area contributed by atoms with Crippen molar-refractivity contribution < 1.29 is 14.3 Å². The highest BCUT2D eigenvalue weighted by atomic mass is 16.5. The first-order valence-electron chi connectivity index (χ1n) is 5.95. The molecule has 0 aliphatic heterocycles. The topological polar surface area (TPSA) is 35.5 Å². The smallest absolute Gasteiger partial charge is 0.310 e. The Balaban J connectivity index is 2.63. The number of aryl methyl sites for hydroxylation is 1. The molecule has 0 spiro atoms. The maximum atomic E-state index is 11.7. The van der Waals surface area contributed by atoms with Gasteiger partial charge in [0.15, 0.2) is 0 Å². The summed E-state index contributed by atoms with van der Waals surface area (Å²) in [6, 6.07) is 5.77. The van der Waals surface area contributed by atoms with E-state index in [4.69, 9.17) is 9.47 Å². The van der Waals surface area contributed by atoms with Crippen LogP contribution in [0.5, 0.6) is 5.75 Å². The van der Waals surface area contributed by atoms with Crippen LogP contribution in [0.25, 0.3) is 0 Å². The molecule has 1 aromatic carbocycles. The first-order chi connectivity index (χ1) is 8.52. The Morgan fingerprint density at radius 3 is 2.67 bits per heavy atom. The number of hydrogen-bond donors (Lipinski definition) is 0. The Kier molecular flexibility index (Phi) is 5.43. The molecule has 98 valence electrons. The standard InChI is InChI=1S/C15H20O3/c1-11(2)7-8-18-15(16)10-13-9-12(3)5-6-14(13)17-4/h5-7,9H,8,10H2,1-4H3. The number of benzene rings is 1. The Hall–Kier alpha value is -1.77. The van der Waals surface area contributed by atoms with Crippen molar-refractivity contribution >= 4 is 5.97 Å². The zero-order valence-electron chi connectivity index (χ0n) is 11.4. The predicted octanol–water partition coefficient (Wildman–Crippen LogP) is 3.06. The van der Waals surface area contributed by atoms with E-state index >= 15 is 0 Å². The summed E-state index contributed by atoms with van der Waals surface area (Å²) in [4.78, 5) is 11.7. The molecule has 3 heteroatoms. The molecule has 0 N–H and O–H groups in total. The third kappa shape index (κ3) is 4.62. The van der Waals surface area contributed by atoms with Crippen molar-refractivity contribution in [2.45, 2.75) is 27.2 Å². The van der Waals surface area contributed by atoms with Crippen molar-refractivity contribution in [1.82, 2.24) is 0 Å². The highest BCUT2D eigenvalue weighted by Crippen LogP contribution is 2.20. The van der Waals surface area contributed by atoms with Gasteiger partial charge in [0.2, 0.25) is 0 Å². The average molecular weight is 248 g/mol. The van der Waals surface area contributed by atoms with E-state index in [1.165, 1.54) is 0 Å². The zero-order chi connectivity index (χ0) is 13.5. The minimum Gasteiger partial charge on any atom is -0.496 e. The lowest BCUT2D eigenvalue weighted by molar-refractivity contribution is -0.141. The van der Waals surface area contributed by atoms with E-state index in [1.807, 2.05) is 45.0 Å². The van der Waals surface area contributed by atoms with Gasteiger partial charge in [0.05, 0.1) is 13.5 Å². The van der Waals surface area contributed by atoms with Crippen LogP contribution in [0, 0.1) is 6.92 Å². The monoisotopic (exact) mass is 248 g/mol. The molecule has 0 atom stereocenters. The van der Waals surface area contributed by atoms with Gasteiger partial charge in [0.1, 0.15) is 12.4 Å². The Labute approximate surface area is 108 Å². The van der Waals surface area contributed by atoms with E-state index in [2.05, 4.69) is 0 Å². The van der Waals surface area contributed by atoms with Crippen molar-refractivity contribution in [3.63, 3.8) is 0 Å². The summed E-state index contributed by atoms with van der Waals surface area (Å²) >= 11 is 0. The molecule has 1 aromatic rings. The van der Waals surface area contributed by atoms with Gasteiger partial charge in [0.25, 0.3) is 0 Å². The van der Waals surface area contributed by atoms with Gasteiger partial charge in [-0.05, 0) is 32.9 Å². The summed E-state index contributed by atoms with van der Waals surface area (Å²) in [6.07, 6.45) is 2.12. The Bertz CT molecular complexity index is 443. The summed E-state index contributed by atoms with van der Waals surface area (Å²) in [7, 11) is 1.60. The van der Waals surface area contributed by atoms with Crippen LogP contribution in [0.4, 0.5) is 0 Å². The lowest BCUT2D eigenvalue weighted by Crippen LogP contribution is -2.09. The van der Waals surface area contributed by atoms with Crippen LogP contribution in [0.15, 0.2) is 29.8 Å². The molecule has 1 rings (SSSR count). The average Bonchev–Trinajstić information content (AvgIpc) is 2.28. The van der Waals surface area contributed by atoms with Gasteiger partial charge in [-0.1, -0.05) is 23.3 Å². The van der Waals surface area contributed by atoms with E-state index < -0.39 is 0 Å². The largest absolute Gasteiger partial charge is 0.496 e. The van der Waals surface area contributed by atoms with Gasteiger partial charge in [-0.25, -0.2) is 0 Å². The summed E-state index contributed by atoms with van der Waals surface area (Å²) in [5, 5.41) is 0. The number of methoxy groups -OCH3 is 1. The molecule has 0 bridgehead atoms. The van der Waals surface area contributed by atoms with Crippen LogP contribution in [0.1, 0.15) is 25.0 Å². The second-order valence-electron chi connectivity index (χ2n) is 4.46. The number of allylic oxidation sites excluding steroid dienone is 1. The van der Waals surface area contributed by atoms with Crippen LogP contribution < -0.4 is 4.74 Å². The molecule has 0 unspecified atom stereocenters. The summed E-state index contributed by atoms with van der Waals surface area (Å²) in [6.45, 7) is 6.25. The van der Waals surface area contributed by atoms with Crippen molar-refractivity contribution in [2.75, 3.05) is 13.7 Å². The van der Waals surface area contributed by atoms with Crippen LogP contribution in [0.3, 0.4) is 0 Å². The number of hydrogen-bond acceptors (Lipinski definition) is 3.